The zero-order valence-electron chi connectivity index (χ0n) is 16.7. The van der Waals surface area contributed by atoms with Gasteiger partial charge < -0.3 is 10.2 Å². The molecule has 2 aromatic carbocycles. The lowest BCUT2D eigenvalue weighted by Gasteiger charge is -2.13. The minimum Gasteiger partial charge on any atom is -0.481 e. The van der Waals surface area contributed by atoms with E-state index in [1.807, 2.05) is 34.9 Å². The third kappa shape index (κ3) is 5.36. The van der Waals surface area contributed by atoms with E-state index in [0.717, 1.165) is 16.5 Å². The van der Waals surface area contributed by atoms with Crippen LogP contribution in [0.4, 0.5) is 0 Å². The van der Waals surface area contributed by atoms with Gasteiger partial charge in [0.05, 0.1) is 35.2 Å². The fourth-order valence-electron chi connectivity index (χ4n) is 3.30. The summed E-state index contributed by atoms with van der Waals surface area (Å²) in [6.07, 6.45) is 0.961. The number of fused-ring (bicyclic) bond motifs is 1. The molecule has 3 rings (SSSR count). The predicted molar refractivity (Wildman–Crippen MR) is 122 cm³/mol. The lowest BCUT2D eigenvalue weighted by Crippen LogP contribution is -2.20. The molecule has 164 valence electrons. The van der Waals surface area contributed by atoms with Gasteiger partial charge in [-0.2, -0.15) is 5.26 Å². The number of hydrogen-bond acceptors (Lipinski definition) is 6. The Morgan fingerprint density at radius 2 is 1.88 bits per heavy atom. The highest BCUT2D eigenvalue weighted by atomic mass is 79.9. The van der Waals surface area contributed by atoms with Crippen LogP contribution in [-0.4, -0.2) is 43.2 Å². The third-order valence-electron chi connectivity index (χ3n) is 4.84. The molecule has 1 aromatic heterocycles. The number of Topliss-reactive ketones (excluding diaryl/α,β-unsaturated/α-hetero) is 1. The summed E-state index contributed by atoms with van der Waals surface area (Å²) in [6.45, 7) is 0. The number of carboxylic acids is 2. The highest BCUT2D eigenvalue weighted by Gasteiger charge is 2.23. The molecule has 0 bridgehead atoms. The SMILES string of the molecule is N#Cc1ccc(-n2c(Br)cnc2SCC(=O)CC(CCC(=O)O)C(=O)O)c2ccccc12. The van der Waals surface area contributed by atoms with E-state index < -0.39 is 17.9 Å². The first-order valence-electron chi connectivity index (χ1n) is 9.56. The summed E-state index contributed by atoms with van der Waals surface area (Å²) in [5.41, 5.74) is 1.33. The fourth-order valence-corrected chi connectivity index (χ4v) is 4.74. The number of hydrogen-bond donors (Lipinski definition) is 2. The summed E-state index contributed by atoms with van der Waals surface area (Å²) in [7, 11) is 0. The Labute approximate surface area is 196 Å². The van der Waals surface area contributed by atoms with Gasteiger partial charge in [-0.15, -0.1) is 0 Å². The topological polar surface area (TPSA) is 133 Å². The van der Waals surface area contributed by atoms with E-state index in [4.69, 9.17) is 5.11 Å². The molecule has 0 radical (unpaired) electrons. The van der Waals surface area contributed by atoms with E-state index in [2.05, 4.69) is 27.0 Å². The zero-order chi connectivity index (χ0) is 23.3. The van der Waals surface area contributed by atoms with E-state index in [-0.39, 0.29) is 30.8 Å². The van der Waals surface area contributed by atoms with Crippen molar-refractivity contribution >= 4 is 56.2 Å². The molecule has 0 saturated carbocycles. The van der Waals surface area contributed by atoms with Gasteiger partial charge in [-0.25, -0.2) is 4.98 Å². The minimum absolute atomic E-state index is 0.00544. The van der Waals surface area contributed by atoms with Crippen LogP contribution in [0.15, 0.2) is 52.4 Å². The van der Waals surface area contributed by atoms with Gasteiger partial charge >= 0.3 is 11.9 Å². The molecule has 3 aromatic rings. The van der Waals surface area contributed by atoms with E-state index >= 15 is 0 Å². The van der Waals surface area contributed by atoms with Crippen LogP contribution < -0.4 is 0 Å². The number of imidazole rings is 1. The molecule has 0 aliphatic carbocycles. The smallest absolute Gasteiger partial charge is 0.306 e. The number of aromatic nitrogens is 2. The van der Waals surface area contributed by atoms with Crippen LogP contribution in [0, 0.1) is 17.2 Å². The van der Waals surface area contributed by atoms with Gasteiger partial charge in [-0.05, 0) is 34.5 Å². The normalized spacial score (nSPS) is 11.8. The Morgan fingerprint density at radius 3 is 2.53 bits per heavy atom. The van der Waals surface area contributed by atoms with E-state index in [1.165, 1.54) is 11.8 Å². The van der Waals surface area contributed by atoms with Gasteiger partial charge in [0.2, 0.25) is 0 Å². The first-order valence-corrected chi connectivity index (χ1v) is 11.3. The largest absolute Gasteiger partial charge is 0.481 e. The van der Waals surface area contributed by atoms with E-state index in [9.17, 15) is 24.8 Å². The average molecular weight is 516 g/mol. The van der Waals surface area contributed by atoms with Gasteiger partial charge in [0.25, 0.3) is 0 Å². The van der Waals surface area contributed by atoms with Crippen molar-refractivity contribution in [1.29, 1.82) is 5.26 Å². The quantitative estimate of drug-likeness (QED) is 0.382. The first-order chi connectivity index (χ1) is 15.3. The van der Waals surface area contributed by atoms with Crippen molar-refractivity contribution in [3.05, 3.63) is 52.8 Å². The van der Waals surface area contributed by atoms with Crippen molar-refractivity contribution in [1.82, 2.24) is 9.55 Å². The molecule has 2 N–H and O–H groups in total. The number of carbonyl (C=O) groups is 3. The van der Waals surface area contributed by atoms with Crippen molar-refractivity contribution in [2.75, 3.05) is 5.75 Å². The number of aliphatic carboxylic acids is 2. The van der Waals surface area contributed by atoms with Gasteiger partial charge in [0, 0.05) is 23.6 Å². The fraction of sp³-hybridized carbons (Fsp3) is 0.227. The van der Waals surface area contributed by atoms with Gasteiger partial charge in [-0.1, -0.05) is 36.0 Å². The second kappa shape index (κ2) is 10.4. The van der Waals surface area contributed by atoms with Crippen LogP contribution in [0.2, 0.25) is 0 Å². The maximum Gasteiger partial charge on any atom is 0.306 e. The van der Waals surface area contributed by atoms with Crippen molar-refractivity contribution in [3.8, 4) is 11.8 Å². The number of carbonyl (C=O) groups excluding carboxylic acids is 1. The highest BCUT2D eigenvalue weighted by Crippen LogP contribution is 2.32. The summed E-state index contributed by atoms with van der Waals surface area (Å²) >= 11 is 4.65. The average Bonchev–Trinajstić information content (AvgIpc) is 3.14. The lowest BCUT2D eigenvalue weighted by molar-refractivity contribution is -0.144. The number of nitriles is 1. The van der Waals surface area contributed by atoms with Crippen molar-refractivity contribution < 1.29 is 24.6 Å². The molecule has 10 heteroatoms. The number of benzene rings is 2. The predicted octanol–water partition coefficient (Wildman–Crippen LogP) is 4.28. The maximum atomic E-state index is 12.4. The molecule has 1 heterocycles. The molecule has 0 aliphatic rings. The number of rotatable bonds is 10. The number of thioether (sulfide) groups is 1. The molecule has 0 aliphatic heterocycles. The second-order valence-corrected chi connectivity index (χ2v) is 8.74. The Hall–Kier alpha value is -3.16. The second-order valence-electron chi connectivity index (χ2n) is 6.99. The number of ketones is 1. The molecular formula is C22H18BrN3O5S. The molecule has 8 nitrogen and oxygen atoms in total. The molecule has 0 amide bonds. The van der Waals surface area contributed by atoms with Crippen molar-refractivity contribution in [2.24, 2.45) is 5.92 Å². The van der Waals surface area contributed by atoms with Crippen molar-refractivity contribution in [3.63, 3.8) is 0 Å². The van der Waals surface area contributed by atoms with Gasteiger partial charge in [-0.3, -0.25) is 19.0 Å². The Balaban J connectivity index is 1.81. The summed E-state index contributed by atoms with van der Waals surface area (Å²) in [6, 6.07) is 13.2. The summed E-state index contributed by atoms with van der Waals surface area (Å²) < 4.78 is 2.48. The number of carboxylic acid groups (broad SMARTS) is 2. The van der Waals surface area contributed by atoms with Gasteiger partial charge in [0.15, 0.2) is 5.16 Å². The van der Waals surface area contributed by atoms with Crippen LogP contribution in [0.25, 0.3) is 16.5 Å². The Bertz CT molecular complexity index is 1230. The molecule has 0 spiro atoms. The molecule has 32 heavy (non-hydrogen) atoms. The van der Waals surface area contributed by atoms with Crippen LogP contribution >= 0.6 is 27.7 Å². The minimum atomic E-state index is -1.18. The first kappa shape index (κ1) is 23.5. The van der Waals surface area contributed by atoms with Crippen LogP contribution in [0.1, 0.15) is 24.8 Å². The molecule has 0 saturated heterocycles. The third-order valence-corrected chi connectivity index (χ3v) is 6.41. The van der Waals surface area contributed by atoms with E-state index in [0.29, 0.717) is 15.3 Å². The van der Waals surface area contributed by atoms with Gasteiger partial charge in [0.1, 0.15) is 10.4 Å². The zero-order valence-corrected chi connectivity index (χ0v) is 19.1. The van der Waals surface area contributed by atoms with Crippen LogP contribution in [0.3, 0.4) is 0 Å². The van der Waals surface area contributed by atoms with Crippen LogP contribution in [0.5, 0.6) is 0 Å². The van der Waals surface area contributed by atoms with Crippen LogP contribution in [-0.2, 0) is 14.4 Å². The lowest BCUT2D eigenvalue weighted by atomic mass is 9.98. The molecule has 1 unspecified atom stereocenters. The standard InChI is InChI=1S/C22H18BrN3O5S/c23-19-11-25-22(32-12-15(27)9-13(21(30)31)6-8-20(28)29)26(19)18-7-5-14(10-24)16-3-1-2-4-17(16)18/h1-5,7,11,13H,6,8-9,12H2,(H,28,29)(H,30,31). The Kier molecular flexibility index (Phi) is 7.66. The monoisotopic (exact) mass is 515 g/mol. The van der Waals surface area contributed by atoms with E-state index in [1.54, 1.807) is 12.3 Å². The summed E-state index contributed by atoms with van der Waals surface area (Å²) in [4.78, 5) is 38.8. The number of halogens is 1. The summed E-state index contributed by atoms with van der Waals surface area (Å²) in [5.74, 6) is -3.62. The summed E-state index contributed by atoms with van der Waals surface area (Å²) in [5, 5.41) is 29.6. The Morgan fingerprint density at radius 1 is 1.16 bits per heavy atom. The molecule has 0 fully saturated rings. The molecular weight excluding hydrogens is 498 g/mol. The number of nitrogens with zero attached hydrogens (tertiary/aromatic N) is 3. The highest BCUT2D eigenvalue weighted by molar-refractivity contribution is 9.10. The van der Waals surface area contributed by atoms with Crippen molar-refractivity contribution in [2.45, 2.75) is 24.4 Å². The maximum absolute atomic E-state index is 12.4. The molecule has 1 atom stereocenters.